The first kappa shape index (κ1) is 14.3. The monoisotopic (exact) mass is 336 g/mol. The van der Waals surface area contributed by atoms with Crippen molar-refractivity contribution in [3.63, 3.8) is 0 Å². The van der Waals surface area contributed by atoms with Gasteiger partial charge in [-0.1, -0.05) is 40.2 Å². The first-order valence-electron chi connectivity index (χ1n) is 7.17. The molecule has 0 radical (unpaired) electrons. The molecule has 0 saturated carbocycles. The predicted octanol–water partition coefficient (Wildman–Crippen LogP) is 2.39. The van der Waals surface area contributed by atoms with Crippen molar-refractivity contribution in [2.24, 2.45) is 0 Å². The number of hydrogen-bond donors (Lipinski definition) is 1. The van der Waals surface area contributed by atoms with E-state index in [1.807, 2.05) is 0 Å². The summed E-state index contributed by atoms with van der Waals surface area (Å²) in [6.07, 6.45) is 4.48. The molecule has 20 heavy (non-hydrogen) atoms. The van der Waals surface area contributed by atoms with E-state index in [1.54, 1.807) is 7.11 Å². The van der Waals surface area contributed by atoms with Gasteiger partial charge in [0.1, 0.15) is 0 Å². The van der Waals surface area contributed by atoms with E-state index in [0.29, 0.717) is 18.0 Å². The van der Waals surface area contributed by atoms with E-state index in [0.717, 1.165) is 30.7 Å². The van der Waals surface area contributed by atoms with Crippen LogP contribution in [0.25, 0.3) is 0 Å². The van der Waals surface area contributed by atoms with Crippen molar-refractivity contribution >= 4 is 15.9 Å². The van der Waals surface area contributed by atoms with Crippen LogP contribution < -0.4 is 5.32 Å². The zero-order valence-corrected chi connectivity index (χ0v) is 13.3. The fraction of sp³-hybridized carbons (Fsp3) is 0.500. The zero-order chi connectivity index (χ0) is 13.9. The number of halogens is 1. The molecule has 1 fully saturated rings. The second kappa shape index (κ2) is 6.39. The van der Waals surface area contributed by atoms with Crippen LogP contribution in [-0.2, 0) is 4.74 Å². The van der Waals surface area contributed by atoms with Crippen LogP contribution in [0.1, 0.15) is 11.5 Å². The Balaban J connectivity index is 1.83. The van der Waals surface area contributed by atoms with Crippen molar-refractivity contribution in [2.75, 3.05) is 33.4 Å². The quantitative estimate of drug-likeness (QED) is 0.858. The molecule has 4 heteroatoms. The summed E-state index contributed by atoms with van der Waals surface area (Å²) in [5, 5.41) is 3.51. The number of ether oxygens (including phenoxy) is 1. The Morgan fingerprint density at radius 3 is 2.85 bits per heavy atom. The molecule has 3 nitrogen and oxygen atoms in total. The molecule has 0 amide bonds. The smallest absolute Gasteiger partial charge is 0.0624 e. The van der Waals surface area contributed by atoms with Crippen molar-refractivity contribution in [1.82, 2.24) is 10.2 Å². The lowest BCUT2D eigenvalue weighted by Crippen LogP contribution is -2.67. The Hall–Kier alpha value is -0.680. The van der Waals surface area contributed by atoms with Crippen LogP contribution in [0.4, 0.5) is 0 Å². The summed E-state index contributed by atoms with van der Waals surface area (Å²) in [6, 6.07) is 9.81. The summed E-state index contributed by atoms with van der Waals surface area (Å²) in [5.74, 6) is 0.557. The number of hydrogen-bond acceptors (Lipinski definition) is 3. The maximum absolute atomic E-state index is 5.45. The van der Waals surface area contributed by atoms with Crippen LogP contribution in [0.2, 0.25) is 0 Å². The summed E-state index contributed by atoms with van der Waals surface area (Å²) in [5.41, 5.74) is 1.42. The minimum atomic E-state index is 0.482. The lowest BCUT2D eigenvalue weighted by atomic mass is 9.75. The molecule has 3 atom stereocenters. The summed E-state index contributed by atoms with van der Waals surface area (Å²) in [7, 11) is 1.80. The van der Waals surface area contributed by atoms with Crippen molar-refractivity contribution in [1.29, 1.82) is 0 Å². The van der Waals surface area contributed by atoms with Crippen LogP contribution in [-0.4, -0.2) is 50.3 Å². The largest absolute Gasteiger partial charge is 0.383 e. The molecular weight excluding hydrogens is 316 g/mol. The number of benzene rings is 1. The fourth-order valence-electron chi connectivity index (χ4n) is 3.42. The molecule has 0 aromatic heterocycles. The fourth-order valence-corrected chi connectivity index (χ4v) is 3.69. The topological polar surface area (TPSA) is 24.5 Å². The average molecular weight is 337 g/mol. The summed E-state index contributed by atoms with van der Waals surface area (Å²) in [6.45, 7) is 3.86. The van der Waals surface area contributed by atoms with E-state index in [2.05, 4.69) is 62.6 Å². The summed E-state index contributed by atoms with van der Waals surface area (Å²) in [4.78, 5) is 2.55. The van der Waals surface area contributed by atoms with Crippen LogP contribution in [0.5, 0.6) is 0 Å². The van der Waals surface area contributed by atoms with Crippen LogP contribution >= 0.6 is 15.9 Å². The van der Waals surface area contributed by atoms with Gasteiger partial charge in [-0.25, -0.2) is 0 Å². The molecule has 0 bridgehead atoms. The van der Waals surface area contributed by atoms with Gasteiger partial charge in [0, 0.05) is 49.2 Å². The summed E-state index contributed by atoms with van der Waals surface area (Å²) < 4.78 is 6.59. The second-order valence-electron chi connectivity index (χ2n) is 5.49. The molecule has 1 aromatic carbocycles. The number of nitrogens with zero attached hydrogens (tertiary/aromatic N) is 1. The maximum atomic E-state index is 5.45. The minimum Gasteiger partial charge on any atom is -0.383 e. The first-order valence-corrected chi connectivity index (χ1v) is 7.96. The normalized spacial score (nSPS) is 31.8. The Morgan fingerprint density at radius 2 is 2.10 bits per heavy atom. The van der Waals surface area contributed by atoms with Crippen LogP contribution in [0.15, 0.2) is 40.9 Å². The molecule has 0 unspecified atom stereocenters. The van der Waals surface area contributed by atoms with Gasteiger partial charge in [-0.15, -0.1) is 0 Å². The van der Waals surface area contributed by atoms with E-state index in [4.69, 9.17) is 4.74 Å². The Labute approximate surface area is 129 Å². The van der Waals surface area contributed by atoms with Crippen molar-refractivity contribution in [3.8, 4) is 0 Å². The van der Waals surface area contributed by atoms with Gasteiger partial charge in [0.05, 0.1) is 6.61 Å². The second-order valence-corrected chi connectivity index (χ2v) is 6.41. The van der Waals surface area contributed by atoms with Gasteiger partial charge in [-0.3, -0.25) is 4.90 Å². The Morgan fingerprint density at radius 1 is 1.30 bits per heavy atom. The average Bonchev–Trinajstić information content (AvgIpc) is 2.43. The molecule has 0 spiro atoms. The van der Waals surface area contributed by atoms with E-state index in [-0.39, 0.29) is 0 Å². The lowest BCUT2D eigenvalue weighted by Gasteiger charge is -2.55. The zero-order valence-electron chi connectivity index (χ0n) is 11.8. The maximum Gasteiger partial charge on any atom is 0.0624 e. The Bertz CT molecular complexity index is 474. The highest BCUT2D eigenvalue weighted by Gasteiger charge is 2.47. The van der Waals surface area contributed by atoms with E-state index in [9.17, 15) is 0 Å². The highest BCUT2D eigenvalue weighted by atomic mass is 79.9. The van der Waals surface area contributed by atoms with Crippen LogP contribution in [0, 0.1) is 0 Å². The van der Waals surface area contributed by atoms with Gasteiger partial charge in [0.2, 0.25) is 0 Å². The van der Waals surface area contributed by atoms with Crippen LogP contribution in [0.3, 0.4) is 0 Å². The lowest BCUT2D eigenvalue weighted by molar-refractivity contribution is -0.0440. The third-order valence-electron chi connectivity index (χ3n) is 4.37. The van der Waals surface area contributed by atoms with Gasteiger partial charge in [-0.05, 0) is 17.7 Å². The minimum absolute atomic E-state index is 0.482. The highest BCUT2D eigenvalue weighted by Crippen LogP contribution is 2.41. The molecule has 108 valence electrons. The number of fused-ring (bicyclic) bond motifs is 1. The van der Waals surface area contributed by atoms with Crippen molar-refractivity contribution < 1.29 is 4.74 Å². The Kier molecular flexibility index (Phi) is 4.56. The predicted molar refractivity (Wildman–Crippen MR) is 85.1 cm³/mol. The number of methoxy groups -OCH3 is 1. The van der Waals surface area contributed by atoms with Gasteiger partial charge in [0.15, 0.2) is 0 Å². The molecule has 2 aliphatic heterocycles. The number of rotatable bonds is 3. The highest BCUT2D eigenvalue weighted by molar-refractivity contribution is 9.10. The SMILES string of the molecule is COC[C@@H]1[C@H](c2ccc(Br)cc2)[C@@H]2CNC/C=C\CN12. The van der Waals surface area contributed by atoms with Gasteiger partial charge < -0.3 is 10.1 Å². The van der Waals surface area contributed by atoms with E-state index >= 15 is 0 Å². The van der Waals surface area contributed by atoms with Crippen molar-refractivity contribution in [2.45, 2.75) is 18.0 Å². The van der Waals surface area contributed by atoms with Crippen molar-refractivity contribution in [3.05, 3.63) is 46.5 Å². The van der Waals surface area contributed by atoms with Gasteiger partial charge in [-0.2, -0.15) is 0 Å². The third-order valence-corrected chi connectivity index (χ3v) is 4.90. The van der Waals surface area contributed by atoms with Gasteiger partial charge in [0.25, 0.3) is 0 Å². The molecule has 2 aliphatic rings. The van der Waals surface area contributed by atoms with E-state index < -0.39 is 0 Å². The molecular formula is C16H21BrN2O. The molecule has 1 N–H and O–H groups in total. The molecule has 1 aromatic rings. The first-order chi connectivity index (χ1) is 9.81. The molecule has 3 rings (SSSR count). The third kappa shape index (κ3) is 2.70. The van der Waals surface area contributed by atoms with E-state index in [1.165, 1.54) is 5.56 Å². The standard InChI is InChI=1S/C16H21BrN2O/c1-20-11-15-16(12-4-6-13(17)7-5-12)14-10-18-8-2-3-9-19(14)15/h2-7,14-16,18H,8-11H2,1H3/b3-2-/t14-,15+,16+/m0/s1. The van der Waals surface area contributed by atoms with Gasteiger partial charge >= 0.3 is 0 Å². The number of nitrogens with one attached hydrogen (secondary N) is 1. The molecule has 0 aliphatic carbocycles. The summed E-state index contributed by atoms with van der Waals surface area (Å²) >= 11 is 3.52. The molecule has 1 saturated heterocycles. The molecule has 2 heterocycles.